The highest BCUT2D eigenvalue weighted by Crippen LogP contribution is 2.16. The molecule has 2 N–H and O–H groups in total. The monoisotopic (exact) mass is 331 g/mol. The first kappa shape index (κ1) is 16.4. The van der Waals surface area contributed by atoms with E-state index in [4.69, 9.17) is 10.3 Å². The third-order valence-electron chi connectivity index (χ3n) is 4.07. The molecule has 1 aromatic carbocycles. The third-order valence-corrected chi connectivity index (χ3v) is 4.07. The van der Waals surface area contributed by atoms with E-state index in [0.717, 1.165) is 25.1 Å². The van der Waals surface area contributed by atoms with Gasteiger partial charge in [0, 0.05) is 31.6 Å². The Morgan fingerprint density at radius 1 is 1.21 bits per heavy atom. The van der Waals surface area contributed by atoms with Gasteiger partial charge in [0.1, 0.15) is 5.82 Å². The predicted molar refractivity (Wildman–Crippen MR) is 89.9 cm³/mol. The zero-order valence-corrected chi connectivity index (χ0v) is 13.6. The number of aromatic nitrogens is 2. The van der Waals surface area contributed by atoms with Gasteiger partial charge >= 0.3 is 0 Å². The Kier molecular flexibility index (Phi) is 5.40. The summed E-state index contributed by atoms with van der Waals surface area (Å²) in [5.74, 6) is 1.38. The molecule has 1 aliphatic rings. The molecule has 0 spiro atoms. The lowest BCUT2D eigenvalue weighted by molar-refractivity contribution is 0.338. The van der Waals surface area contributed by atoms with Crippen LogP contribution in [0.25, 0.3) is 11.4 Å². The molecule has 0 saturated carbocycles. The number of nitrogens with zero attached hydrogens (tertiary/aromatic N) is 4. The van der Waals surface area contributed by atoms with Crippen LogP contribution in [-0.2, 0) is 6.42 Å². The number of aliphatic imine (C=N–C) groups is 1. The lowest BCUT2D eigenvalue weighted by Crippen LogP contribution is -2.40. The van der Waals surface area contributed by atoms with E-state index >= 15 is 0 Å². The van der Waals surface area contributed by atoms with Crippen molar-refractivity contribution in [1.29, 1.82) is 0 Å². The molecule has 1 saturated heterocycles. The van der Waals surface area contributed by atoms with Crippen LogP contribution >= 0.6 is 0 Å². The van der Waals surface area contributed by atoms with E-state index in [-0.39, 0.29) is 5.82 Å². The van der Waals surface area contributed by atoms with Crippen molar-refractivity contribution < 1.29 is 8.91 Å². The molecule has 1 aliphatic heterocycles. The molecule has 7 heteroatoms. The minimum atomic E-state index is -0.286. The SMILES string of the molecule is NC(=NCCCc1nc(-c2ccc(F)cc2)no1)N1CCCCC1. The number of nitrogens with two attached hydrogens (primary N) is 1. The van der Waals surface area contributed by atoms with E-state index in [1.54, 1.807) is 12.1 Å². The number of hydrogen-bond acceptors (Lipinski definition) is 4. The van der Waals surface area contributed by atoms with Gasteiger partial charge in [-0.1, -0.05) is 5.16 Å². The highest BCUT2D eigenvalue weighted by Gasteiger charge is 2.12. The lowest BCUT2D eigenvalue weighted by atomic mass is 10.1. The normalized spacial score (nSPS) is 15.7. The van der Waals surface area contributed by atoms with Gasteiger partial charge in [0.2, 0.25) is 11.7 Å². The van der Waals surface area contributed by atoms with Gasteiger partial charge in [0.05, 0.1) is 0 Å². The van der Waals surface area contributed by atoms with Gasteiger partial charge in [0.25, 0.3) is 0 Å². The maximum absolute atomic E-state index is 12.9. The van der Waals surface area contributed by atoms with Crippen molar-refractivity contribution in [3.8, 4) is 11.4 Å². The molecule has 128 valence electrons. The van der Waals surface area contributed by atoms with Gasteiger partial charge in [-0.05, 0) is 49.9 Å². The molecule has 1 fully saturated rings. The van der Waals surface area contributed by atoms with Crippen LogP contribution in [0.5, 0.6) is 0 Å². The number of likely N-dealkylation sites (tertiary alicyclic amines) is 1. The molecule has 0 bridgehead atoms. The van der Waals surface area contributed by atoms with Crippen molar-refractivity contribution in [3.63, 3.8) is 0 Å². The van der Waals surface area contributed by atoms with Crippen LogP contribution in [0, 0.1) is 5.82 Å². The minimum Gasteiger partial charge on any atom is -0.370 e. The van der Waals surface area contributed by atoms with Crippen LogP contribution in [0.1, 0.15) is 31.6 Å². The fraction of sp³-hybridized carbons (Fsp3) is 0.471. The van der Waals surface area contributed by atoms with Crippen LogP contribution in [0.15, 0.2) is 33.8 Å². The van der Waals surface area contributed by atoms with E-state index < -0.39 is 0 Å². The van der Waals surface area contributed by atoms with Crippen LogP contribution in [-0.4, -0.2) is 40.6 Å². The number of guanidine groups is 1. The van der Waals surface area contributed by atoms with Crippen molar-refractivity contribution in [2.75, 3.05) is 19.6 Å². The van der Waals surface area contributed by atoms with E-state index in [2.05, 4.69) is 20.0 Å². The van der Waals surface area contributed by atoms with Crippen molar-refractivity contribution in [1.82, 2.24) is 15.0 Å². The summed E-state index contributed by atoms with van der Waals surface area (Å²) in [7, 11) is 0. The van der Waals surface area contributed by atoms with E-state index in [0.29, 0.717) is 30.6 Å². The molecule has 0 atom stereocenters. The summed E-state index contributed by atoms with van der Waals surface area (Å²) in [6, 6.07) is 6.02. The molecule has 24 heavy (non-hydrogen) atoms. The first-order chi connectivity index (χ1) is 11.7. The van der Waals surface area contributed by atoms with Crippen molar-refractivity contribution in [2.24, 2.45) is 10.7 Å². The second kappa shape index (κ2) is 7.90. The maximum Gasteiger partial charge on any atom is 0.227 e. The van der Waals surface area contributed by atoms with E-state index in [1.165, 1.54) is 31.4 Å². The molecule has 3 rings (SSSR count). The molecule has 0 unspecified atom stereocenters. The molecule has 0 radical (unpaired) electrons. The number of halogens is 1. The Hall–Kier alpha value is -2.44. The highest BCUT2D eigenvalue weighted by atomic mass is 19.1. The van der Waals surface area contributed by atoms with Gasteiger partial charge in [-0.3, -0.25) is 4.99 Å². The summed E-state index contributed by atoms with van der Waals surface area (Å²) < 4.78 is 18.2. The standard InChI is InChI=1S/C17H22FN5O/c18-14-8-6-13(7-9-14)16-21-15(24-22-16)5-4-10-20-17(19)23-11-2-1-3-12-23/h6-9H,1-5,10-12H2,(H2,19,20). The topological polar surface area (TPSA) is 80.5 Å². The second-order valence-corrected chi connectivity index (χ2v) is 5.91. The summed E-state index contributed by atoms with van der Waals surface area (Å²) in [5, 5.41) is 3.93. The molecule has 2 heterocycles. The Morgan fingerprint density at radius 2 is 1.96 bits per heavy atom. The molecule has 0 aliphatic carbocycles. The number of aryl methyl sites for hydroxylation is 1. The smallest absolute Gasteiger partial charge is 0.227 e. The maximum atomic E-state index is 12.9. The molecule has 1 aromatic heterocycles. The minimum absolute atomic E-state index is 0.286. The van der Waals surface area contributed by atoms with E-state index in [1.807, 2.05) is 0 Å². The van der Waals surface area contributed by atoms with E-state index in [9.17, 15) is 4.39 Å². The van der Waals surface area contributed by atoms with Crippen LogP contribution in [0.3, 0.4) is 0 Å². The van der Waals surface area contributed by atoms with Gasteiger partial charge in [0.15, 0.2) is 5.96 Å². The summed E-state index contributed by atoms with van der Waals surface area (Å²) in [6.45, 7) is 2.64. The Bertz CT molecular complexity index is 677. The fourth-order valence-corrected chi connectivity index (χ4v) is 2.72. The summed E-state index contributed by atoms with van der Waals surface area (Å²) in [6.07, 6.45) is 5.08. The average molecular weight is 331 g/mol. The van der Waals surface area contributed by atoms with Crippen molar-refractivity contribution in [2.45, 2.75) is 32.1 Å². The number of hydrogen-bond donors (Lipinski definition) is 1. The van der Waals surface area contributed by atoms with Gasteiger partial charge in [-0.15, -0.1) is 0 Å². The number of benzene rings is 1. The van der Waals surface area contributed by atoms with Crippen LogP contribution < -0.4 is 5.73 Å². The zero-order chi connectivity index (χ0) is 16.8. The molecular formula is C17H22FN5O. The van der Waals surface area contributed by atoms with Crippen molar-refractivity contribution >= 4 is 5.96 Å². The van der Waals surface area contributed by atoms with Gasteiger partial charge in [-0.2, -0.15) is 4.98 Å². The molecule has 6 nitrogen and oxygen atoms in total. The first-order valence-corrected chi connectivity index (χ1v) is 8.36. The van der Waals surface area contributed by atoms with Crippen LogP contribution in [0.2, 0.25) is 0 Å². The van der Waals surface area contributed by atoms with Crippen molar-refractivity contribution in [3.05, 3.63) is 36.0 Å². The zero-order valence-electron chi connectivity index (χ0n) is 13.6. The Balaban J connectivity index is 1.48. The average Bonchev–Trinajstić information content (AvgIpc) is 3.09. The predicted octanol–water partition coefficient (Wildman–Crippen LogP) is 2.61. The Morgan fingerprint density at radius 3 is 2.71 bits per heavy atom. The molecule has 2 aromatic rings. The van der Waals surface area contributed by atoms with Crippen LogP contribution in [0.4, 0.5) is 4.39 Å². The summed E-state index contributed by atoms with van der Waals surface area (Å²) in [5.41, 5.74) is 6.75. The van der Waals surface area contributed by atoms with Gasteiger partial charge < -0.3 is 15.2 Å². The Labute approximate surface area is 140 Å². The quantitative estimate of drug-likeness (QED) is 0.517. The lowest BCUT2D eigenvalue weighted by Gasteiger charge is -2.27. The number of rotatable bonds is 5. The number of piperidine rings is 1. The summed E-state index contributed by atoms with van der Waals surface area (Å²) in [4.78, 5) is 10.9. The highest BCUT2D eigenvalue weighted by molar-refractivity contribution is 5.78. The van der Waals surface area contributed by atoms with Gasteiger partial charge in [-0.25, -0.2) is 4.39 Å². The second-order valence-electron chi connectivity index (χ2n) is 5.91. The third kappa shape index (κ3) is 4.31. The first-order valence-electron chi connectivity index (χ1n) is 8.36. The summed E-state index contributed by atoms with van der Waals surface area (Å²) >= 11 is 0. The molecular weight excluding hydrogens is 309 g/mol. The largest absolute Gasteiger partial charge is 0.370 e. The molecule has 0 amide bonds. The fourth-order valence-electron chi connectivity index (χ4n) is 2.72.